The number of hydrogen-bond donors (Lipinski definition) is 1. The number of nitrogens with one attached hydrogen (secondary N) is 1. The van der Waals surface area contributed by atoms with Crippen LogP contribution in [0.2, 0.25) is 0 Å². The lowest BCUT2D eigenvalue weighted by molar-refractivity contribution is 0.102. The number of pyridine rings is 1. The quantitative estimate of drug-likeness (QED) is 0.522. The summed E-state index contributed by atoms with van der Waals surface area (Å²) in [6.45, 7) is 2.48. The number of benzene rings is 3. The first-order chi connectivity index (χ1) is 14.6. The fraction of sp³-hybridized carbons (Fsp3) is 0.120. The summed E-state index contributed by atoms with van der Waals surface area (Å²) in [5.74, 6) is 0.422. The van der Waals surface area contributed by atoms with Crippen LogP contribution >= 0.6 is 0 Å². The predicted octanol–water partition coefficient (Wildman–Crippen LogP) is 4.86. The molecule has 5 nitrogen and oxygen atoms in total. The molecule has 0 aliphatic rings. The van der Waals surface area contributed by atoms with Crippen LogP contribution in [0.5, 0.6) is 5.75 Å². The van der Waals surface area contributed by atoms with E-state index < -0.39 is 0 Å². The van der Waals surface area contributed by atoms with Crippen LogP contribution in [0.15, 0.2) is 83.7 Å². The monoisotopic (exact) mass is 398 g/mol. The fourth-order valence-electron chi connectivity index (χ4n) is 3.59. The molecule has 0 bridgehead atoms. The van der Waals surface area contributed by atoms with Crippen LogP contribution in [0.4, 0.5) is 5.69 Å². The highest BCUT2D eigenvalue weighted by Crippen LogP contribution is 2.35. The van der Waals surface area contributed by atoms with Crippen molar-refractivity contribution in [3.05, 3.63) is 94.8 Å². The summed E-state index contributed by atoms with van der Waals surface area (Å²) >= 11 is 0. The van der Waals surface area contributed by atoms with E-state index in [-0.39, 0.29) is 11.5 Å². The van der Waals surface area contributed by atoms with E-state index in [0.29, 0.717) is 23.4 Å². The highest BCUT2D eigenvalue weighted by Gasteiger charge is 2.16. The molecule has 3 aromatic carbocycles. The molecule has 0 aliphatic carbocycles. The van der Waals surface area contributed by atoms with Crippen molar-refractivity contribution in [2.45, 2.75) is 6.92 Å². The third kappa shape index (κ3) is 3.57. The predicted molar refractivity (Wildman–Crippen MR) is 120 cm³/mol. The smallest absolute Gasteiger partial charge is 0.256 e. The molecular formula is C25H22N2O3. The number of aryl methyl sites for hydroxylation is 1. The Hall–Kier alpha value is -3.86. The van der Waals surface area contributed by atoms with Gasteiger partial charge in [0, 0.05) is 35.3 Å². The maximum Gasteiger partial charge on any atom is 0.256 e. The van der Waals surface area contributed by atoms with Gasteiger partial charge >= 0.3 is 0 Å². The summed E-state index contributed by atoms with van der Waals surface area (Å²) in [7, 11) is 1.70. The van der Waals surface area contributed by atoms with Crippen LogP contribution in [0.1, 0.15) is 17.3 Å². The zero-order valence-electron chi connectivity index (χ0n) is 16.9. The molecule has 5 heteroatoms. The molecular weight excluding hydrogens is 376 g/mol. The van der Waals surface area contributed by atoms with Crippen molar-refractivity contribution in [3.8, 4) is 16.9 Å². The second-order valence-corrected chi connectivity index (χ2v) is 6.90. The van der Waals surface area contributed by atoms with Gasteiger partial charge in [-0.05, 0) is 25.1 Å². The van der Waals surface area contributed by atoms with Crippen molar-refractivity contribution in [3.63, 3.8) is 0 Å². The standard InChI is InChI=1S/C25H22N2O3/c1-3-30-23-15-9-6-12-19(23)17-10-4-7-13-21(17)26-25(29)20-16-24(28)27(2)22-14-8-5-11-18(20)22/h4-16H,3H2,1-2H3,(H,26,29). The number of rotatable bonds is 5. The molecule has 1 N–H and O–H groups in total. The van der Waals surface area contributed by atoms with Crippen LogP contribution in [0, 0.1) is 0 Å². The van der Waals surface area contributed by atoms with Gasteiger partial charge in [0.05, 0.1) is 17.7 Å². The summed E-state index contributed by atoms with van der Waals surface area (Å²) < 4.78 is 7.31. The summed E-state index contributed by atoms with van der Waals surface area (Å²) in [5.41, 5.74) is 3.23. The van der Waals surface area contributed by atoms with Crippen LogP contribution in [0.3, 0.4) is 0 Å². The van der Waals surface area contributed by atoms with Crippen molar-refractivity contribution in [1.82, 2.24) is 4.57 Å². The molecule has 30 heavy (non-hydrogen) atoms. The minimum absolute atomic E-state index is 0.228. The molecule has 0 fully saturated rings. The van der Waals surface area contributed by atoms with Gasteiger partial charge in [-0.2, -0.15) is 0 Å². The van der Waals surface area contributed by atoms with Crippen LogP contribution in [0.25, 0.3) is 22.0 Å². The van der Waals surface area contributed by atoms with Crippen molar-refractivity contribution < 1.29 is 9.53 Å². The normalized spacial score (nSPS) is 10.7. The highest BCUT2D eigenvalue weighted by atomic mass is 16.5. The molecule has 0 saturated carbocycles. The number of nitrogens with zero attached hydrogens (tertiary/aromatic N) is 1. The van der Waals surface area contributed by atoms with Crippen molar-refractivity contribution >= 4 is 22.5 Å². The molecule has 1 aromatic heterocycles. The number of amides is 1. The van der Waals surface area contributed by atoms with Gasteiger partial charge in [-0.25, -0.2) is 0 Å². The van der Waals surface area contributed by atoms with Gasteiger partial charge in [0.25, 0.3) is 11.5 Å². The molecule has 0 radical (unpaired) electrons. The Morgan fingerprint density at radius 3 is 2.40 bits per heavy atom. The lowest BCUT2D eigenvalue weighted by atomic mass is 10.0. The molecule has 0 aliphatic heterocycles. The fourth-order valence-corrected chi connectivity index (χ4v) is 3.59. The molecule has 150 valence electrons. The molecule has 1 amide bonds. The zero-order valence-corrected chi connectivity index (χ0v) is 16.9. The van der Waals surface area contributed by atoms with Crippen molar-refractivity contribution in [2.24, 2.45) is 7.05 Å². The SMILES string of the molecule is CCOc1ccccc1-c1ccccc1NC(=O)c1cc(=O)n(C)c2ccccc12. The van der Waals surface area contributed by atoms with Gasteiger partial charge in [-0.3, -0.25) is 9.59 Å². The lowest BCUT2D eigenvalue weighted by Gasteiger charge is -2.15. The van der Waals surface area contributed by atoms with E-state index in [1.165, 1.54) is 6.07 Å². The third-order valence-corrected chi connectivity index (χ3v) is 5.05. The van der Waals surface area contributed by atoms with E-state index in [2.05, 4.69) is 5.32 Å². The van der Waals surface area contributed by atoms with E-state index in [1.54, 1.807) is 11.6 Å². The van der Waals surface area contributed by atoms with Crippen molar-refractivity contribution in [1.29, 1.82) is 0 Å². The van der Waals surface area contributed by atoms with Crippen LogP contribution in [-0.2, 0) is 7.05 Å². The molecule has 0 saturated heterocycles. The van der Waals surface area contributed by atoms with Gasteiger partial charge in [0.2, 0.25) is 0 Å². The number of anilines is 1. The van der Waals surface area contributed by atoms with E-state index >= 15 is 0 Å². The summed E-state index contributed by atoms with van der Waals surface area (Å²) in [6, 6.07) is 24.1. The van der Waals surface area contributed by atoms with Crippen LogP contribution < -0.4 is 15.6 Å². The minimum atomic E-state index is -0.328. The number of fused-ring (bicyclic) bond motifs is 1. The Kier molecular flexibility index (Phi) is 5.35. The molecule has 0 spiro atoms. The number of aromatic nitrogens is 1. The topological polar surface area (TPSA) is 60.3 Å². The zero-order chi connectivity index (χ0) is 21.1. The largest absolute Gasteiger partial charge is 0.493 e. The Bertz CT molecular complexity index is 1290. The van der Waals surface area contributed by atoms with E-state index in [9.17, 15) is 9.59 Å². The number of carbonyl (C=O) groups excluding carboxylic acids is 1. The van der Waals surface area contributed by atoms with Gasteiger partial charge < -0.3 is 14.6 Å². The van der Waals surface area contributed by atoms with Gasteiger partial charge in [0.1, 0.15) is 5.75 Å². The molecule has 0 atom stereocenters. The third-order valence-electron chi connectivity index (χ3n) is 5.05. The summed E-state index contributed by atoms with van der Waals surface area (Å²) in [5, 5.41) is 3.72. The first-order valence-corrected chi connectivity index (χ1v) is 9.81. The maximum atomic E-state index is 13.2. The van der Waals surface area contributed by atoms with Gasteiger partial charge in [-0.15, -0.1) is 0 Å². The Morgan fingerprint density at radius 1 is 0.933 bits per heavy atom. The number of para-hydroxylation sites is 3. The second-order valence-electron chi connectivity index (χ2n) is 6.90. The first kappa shape index (κ1) is 19.5. The molecule has 1 heterocycles. The molecule has 0 unspecified atom stereocenters. The van der Waals surface area contributed by atoms with Gasteiger partial charge in [-0.1, -0.05) is 54.6 Å². The highest BCUT2D eigenvalue weighted by molar-refractivity contribution is 6.13. The molecule has 4 rings (SSSR count). The number of hydrogen-bond acceptors (Lipinski definition) is 3. The van der Waals surface area contributed by atoms with E-state index in [0.717, 1.165) is 22.3 Å². The average molecular weight is 398 g/mol. The number of carbonyl (C=O) groups is 1. The Labute approximate surface area is 174 Å². The summed E-state index contributed by atoms with van der Waals surface area (Å²) in [4.78, 5) is 25.6. The van der Waals surface area contributed by atoms with Crippen LogP contribution in [-0.4, -0.2) is 17.1 Å². The minimum Gasteiger partial charge on any atom is -0.493 e. The first-order valence-electron chi connectivity index (χ1n) is 9.81. The Balaban J connectivity index is 1.78. The summed E-state index contributed by atoms with van der Waals surface area (Å²) in [6.07, 6.45) is 0. The van der Waals surface area contributed by atoms with Gasteiger partial charge in [0.15, 0.2) is 0 Å². The van der Waals surface area contributed by atoms with E-state index in [1.807, 2.05) is 79.7 Å². The van der Waals surface area contributed by atoms with E-state index in [4.69, 9.17) is 4.74 Å². The Morgan fingerprint density at radius 2 is 1.60 bits per heavy atom. The number of ether oxygens (including phenoxy) is 1. The second kappa shape index (κ2) is 8.25. The molecule has 4 aromatic rings. The van der Waals surface area contributed by atoms with Crippen molar-refractivity contribution in [2.75, 3.05) is 11.9 Å². The maximum absolute atomic E-state index is 13.2. The lowest BCUT2D eigenvalue weighted by Crippen LogP contribution is -2.21. The average Bonchev–Trinajstić information content (AvgIpc) is 2.77.